The molecule has 0 heterocycles. The molecule has 0 aromatic heterocycles. The summed E-state index contributed by atoms with van der Waals surface area (Å²) in [5, 5.41) is 33.7. The zero-order valence-electron chi connectivity index (χ0n) is 20.0. The highest BCUT2D eigenvalue weighted by atomic mass is 33.1. The number of hydrogen-bond donors (Lipinski definition) is 7. The van der Waals surface area contributed by atoms with Crippen LogP contribution in [-0.4, -0.2) is 93.6 Å². The monoisotopic (exact) mass is 570 g/mol. The third kappa shape index (κ3) is 14.7. The third-order valence-electron chi connectivity index (χ3n) is 4.41. The number of carbonyl (C=O) groups is 6. The molecule has 0 aliphatic heterocycles. The van der Waals surface area contributed by atoms with Crippen LogP contribution >= 0.6 is 21.6 Å². The molecule has 0 aliphatic carbocycles. The highest BCUT2D eigenvalue weighted by Gasteiger charge is 2.32. The van der Waals surface area contributed by atoms with E-state index in [0.29, 0.717) is 0 Å². The molecule has 210 valence electrons. The quantitative estimate of drug-likeness (QED) is 0.0364. The number of nitrogens with one attached hydrogen (secondary N) is 3. The predicted molar refractivity (Wildman–Crippen MR) is 130 cm³/mol. The Hall–Kier alpha value is -3.32. The Labute approximate surface area is 218 Å². The molecule has 0 fully saturated rings. The van der Waals surface area contributed by atoms with Crippen LogP contribution in [0.25, 0.3) is 0 Å². The van der Waals surface area contributed by atoms with Crippen LogP contribution < -0.4 is 27.4 Å². The summed E-state index contributed by atoms with van der Waals surface area (Å²) in [4.78, 5) is 84.7. The molecule has 4 amide bonds. The molecule has 37 heavy (non-hydrogen) atoms. The molecule has 0 unspecified atom stereocenters. The van der Waals surface area contributed by atoms with Crippen molar-refractivity contribution in [3.63, 3.8) is 0 Å². The number of amides is 4. The summed E-state index contributed by atoms with van der Waals surface area (Å²) in [6.45, 7) is 1.44. The van der Waals surface area contributed by atoms with E-state index in [9.17, 15) is 38.9 Å². The predicted octanol–water partition coefficient (Wildman–Crippen LogP) is -2.55. The van der Waals surface area contributed by atoms with Gasteiger partial charge in [0.05, 0.1) is 5.41 Å². The molecule has 9 N–H and O–H groups in total. The van der Waals surface area contributed by atoms with E-state index in [4.69, 9.17) is 21.7 Å². The van der Waals surface area contributed by atoms with Gasteiger partial charge in [0.2, 0.25) is 23.6 Å². The molecule has 0 radical (unpaired) electrons. The van der Waals surface area contributed by atoms with Crippen LogP contribution in [0.15, 0.2) is 0 Å². The Morgan fingerprint density at radius 1 is 1.05 bits per heavy atom. The van der Waals surface area contributed by atoms with Crippen molar-refractivity contribution >= 4 is 57.2 Å². The van der Waals surface area contributed by atoms with Crippen molar-refractivity contribution < 1.29 is 48.9 Å². The van der Waals surface area contributed by atoms with Gasteiger partial charge < -0.3 is 42.5 Å². The average molecular weight is 571 g/mol. The maximum atomic E-state index is 12.4. The molecule has 0 aromatic rings. The highest BCUT2D eigenvalue weighted by Crippen LogP contribution is 2.24. The number of carbonyl (C=O) groups excluding carboxylic acids is 4. The van der Waals surface area contributed by atoms with Crippen molar-refractivity contribution in [1.82, 2.24) is 16.0 Å². The molecule has 0 spiro atoms. The van der Waals surface area contributed by atoms with Gasteiger partial charge in [0, 0.05) is 17.9 Å². The molecular formula is C18H30N6O11S2. The first-order chi connectivity index (χ1) is 17.1. The van der Waals surface area contributed by atoms with Crippen molar-refractivity contribution in [2.75, 3.05) is 24.7 Å². The van der Waals surface area contributed by atoms with Gasteiger partial charge in [0.15, 0.2) is 0 Å². The minimum Gasteiger partial charge on any atom is -0.480 e. The largest absolute Gasteiger partial charge is 0.480 e. The van der Waals surface area contributed by atoms with Gasteiger partial charge in [-0.15, -0.1) is 10.1 Å². The van der Waals surface area contributed by atoms with E-state index >= 15 is 0 Å². The summed E-state index contributed by atoms with van der Waals surface area (Å²) < 4.78 is 0. The van der Waals surface area contributed by atoms with Crippen LogP contribution in [0.5, 0.6) is 0 Å². The zero-order valence-corrected chi connectivity index (χ0v) is 21.6. The summed E-state index contributed by atoms with van der Waals surface area (Å²) in [5.74, 6) is -5.96. The first-order valence-corrected chi connectivity index (χ1v) is 12.9. The number of hydrogen-bond acceptors (Lipinski definition) is 12. The second-order valence-electron chi connectivity index (χ2n) is 8.09. The number of nitrogens with two attached hydrogens (primary N) is 2. The number of carboxylic acid groups (broad SMARTS) is 2. The molecule has 19 heteroatoms. The summed E-state index contributed by atoms with van der Waals surface area (Å²) in [5.41, 5.74) is 9.29. The van der Waals surface area contributed by atoms with Crippen LogP contribution in [-0.2, 0) is 33.6 Å². The third-order valence-corrected chi connectivity index (χ3v) is 6.83. The van der Waals surface area contributed by atoms with Crippen molar-refractivity contribution in [2.24, 2.45) is 16.9 Å². The highest BCUT2D eigenvalue weighted by molar-refractivity contribution is 8.76. The van der Waals surface area contributed by atoms with Gasteiger partial charge in [-0.2, -0.15) is 0 Å². The standard InChI is InChI=1S/C18H30N6O11S2/c1-18(2,8-35-24(33)34)17(32)23-10(14(20)28)6-36-37-7-11(15(29)21-5-13(26)27)22-12(25)4-3-9(19)16(30)31/h9-11H,3-8,19H2,1-2H3,(H2,20,28)(H,21,29)(H,22,25)(H,23,32)(H,26,27)(H,30,31)/t9-,10+,11-/m0/s1. The molecule has 0 rings (SSSR count). The van der Waals surface area contributed by atoms with Crippen LogP contribution in [0.2, 0.25) is 0 Å². The molecular weight excluding hydrogens is 540 g/mol. The smallest absolute Gasteiger partial charge is 0.322 e. The van der Waals surface area contributed by atoms with Crippen molar-refractivity contribution in [3.8, 4) is 0 Å². The first kappa shape index (κ1) is 33.7. The van der Waals surface area contributed by atoms with Gasteiger partial charge in [-0.25, -0.2) is 0 Å². The zero-order chi connectivity index (χ0) is 28.8. The summed E-state index contributed by atoms with van der Waals surface area (Å²) in [6.07, 6.45) is -0.505. The molecule has 3 atom stereocenters. The molecule has 0 bridgehead atoms. The minimum absolute atomic E-state index is 0.0806. The topological polar surface area (TPSA) is 283 Å². The summed E-state index contributed by atoms with van der Waals surface area (Å²) in [7, 11) is 1.99. The number of carboxylic acids is 2. The number of primary amides is 1. The Morgan fingerprint density at radius 2 is 1.62 bits per heavy atom. The van der Waals surface area contributed by atoms with Gasteiger partial charge in [0.1, 0.15) is 31.3 Å². The molecule has 0 aliphatic rings. The molecule has 17 nitrogen and oxygen atoms in total. The second-order valence-corrected chi connectivity index (χ2v) is 10.6. The number of aliphatic carboxylic acids is 2. The Balaban J connectivity index is 5.00. The number of rotatable bonds is 19. The molecule has 0 saturated carbocycles. The van der Waals surface area contributed by atoms with Gasteiger partial charge in [-0.05, 0) is 20.3 Å². The van der Waals surface area contributed by atoms with Gasteiger partial charge >= 0.3 is 11.9 Å². The fraction of sp³-hybridized carbons (Fsp3) is 0.667. The van der Waals surface area contributed by atoms with Crippen LogP contribution in [0.4, 0.5) is 0 Å². The molecule has 0 saturated heterocycles. The maximum absolute atomic E-state index is 12.4. The van der Waals surface area contributed by atoms with E-state index in [1.807, 2.05) is 0 Å². The van der Waals surface area contributed by atoms with E-state index in [1.54, 1.807) is 0 Å². The van der Waals surface area contributed by atoms with E-state index in [1.165, 1.54) is 13.8 Å². The van der Waals surface area contributed by atoms with Crippen LogP contribution in [0.1, 0.15) is 26.7 Å². The minimum atomic E-state index is -1.36. The van der Waals surface area contributed by atoms with E-state index in [0.717, 1.165) is 21.6 Å². The lowest BCUT2D eigenvalue weighted by Gasteiger charge is -2.25. The van der Waals surface area contributed by atoms with Crippen LogP contribution in [0, 0.1) is 15.5 Å². The maximum Gasteiger partial charge on any atom is 0.322 e. The van der Waals surface area contributed by atoms with Gasteiger partial charge in [-0.1, -0.05) is 21.6 Å². The van der Waals surface area contributed by atoms with Gasteiger partial charge in [-0.3, -0.25) is 28.8 Å². The lowest BCUT2D eigenvalue weighted by molar-refractivity contribution is -0.760. The van der Waals surface area contributed by atoms with Crippen molar-refractivity contribution in [3.05, 3.63) is 10.1 Å². The van der Waals surface area contributed by atoms with Gasteiger partial charge in [0.25, 0.3) is 5.09 Å². The van der Waals surface area contributed by atoms with Crippen molar-refractivity contribution in [1.29, 1.82) is 0 Å². The molecule has 0 aromatic carbocycles. The Bertz CT molecular complexity index is 873. The normalized spacial score (nSPS) is 13.4. The Morgan fingerprint density at radius 3 is 2.11 bits per heavy atom. The summed E-state index contributed by atoms with van der Waals surface area (Å²) >= 11 is 0. The van der Waals surface area contributed by atoms with E-state index < -0.39 is 77.3 Å². The second kappa shape index (κ2) is 16.4. The lowest BCUT2D eigenvalue weighted by Crippen LogP contribution is -2.51. The van der Waals surface area contributed by atoms with Crippen LogP contribution in [0.3, 0.4) is 0 Å². The Kier molecular flexibility index (Phi) is 15.0. The summed E-state index contributed by atoms with van der Waals surface area (Å²) in [6, 6.07) is -3.69. The van der Waals surface area contributed by atoms with E-state index in [-0.39, 0.29) is 24.3 Å². The lowest BCUT2D eigenvalue weighted by atomic mass is 9.93. The average Bonchev–Trinajstić information content (AvgIpc) is 2.80. The number of nitrogens with zero attached hydrogens (tertiary/aromatic N) is 1. The first-order valence-electron chi connectivity index (χ1n) is 10.5. The SMILES string of the molecule is CC(C)(CO[N+](=O)[O-])C(=O)N[C@H](CSSC[C@H](NC(=O)CC[C@H](N)C(=O)O)C(=O)NCC(=O)O)C(N)=O. The van der Waals surface area contributed by atoms with Crippen molar-refractivity contribution in [2.45, 2.75) is 44.8 Å². The fourth-order valence-corrected chi connectivity index (χ4v) is 4.55. The van der Waals surface area contributed by atoms with E-state index in [2.05, 4.69) is 20.8 Å². The fourth-order valence-electron chi connectivity index (χ4n) is 2.21.